The van der Waals surface area contributed by atoms with E-state index in [1.165, 1.54) is 10.9 Å². The van der Waals surface area contributed by atoms with Gasteiger partial charge in [0.2, 0.25) is 0 Å². The Labute approximate surface area is 180 Å². The van der Waals surface area contributed by atoms with Crippen LogP contribution in [0.1, 0.15) is 12.6 Å². The number of aliphatic hydroxyl groups is 2. The van der Waals surface area contributed by atoms with Crippen LogP contribution in [-0.4, -0.2) is 54.6 Å². The van der Waals surface area contributed by atoms with Crippen LogP contribution in [0.25, 0.3) is 21.9 Å². The second-order valence-electron chi connectivity index (χ2n) is 7.48. The van der Waals surface area contributed by atoms with Gasteiger partial charge >= 0.3 is 11.7 Å². The molecule has 1 unspecified atom stereocenters. The largest absolute Gasteiger partial charge is 0.394 e. The number of urea groups is 1. The van der Waals surface area contributed by atoms with Crippen molar-refractivity contribution in [1.82, 2.24) is 19.5 Å². The van der Waals surface area contributed by atoms with Gasteiger partial charge in [-0.2, -0.15) is 0 Å². The number of aliphatic hydroxyl groups excluding tert-OH is 2. The van der Waals surface area contributed by atoms with Crippen molar-refractivity contribution in [1.29, 1.82) is 0 Å². The van der Waals surface area contributed by atoms with Crippen LogP contribution >= 0.6 is 0 Å². The van der Waals surface area contributed by atoms with E-state index in [1.54, 1.807) is 6.07 Å². The second-order valence-corrected chi connectivity index (χ2v) is 7.48. The van der Waals surface area contributed by atoms with Gasteiger partial charge in [-0.3, -0.25) is 5.32 Å². The standard InChI is InChI=1S/C21H20N6O5/c28-9-15-14(29)8-16(32-15)27-19-17(25-21(27)31)18(22-10-23-19)26-20(30)24-13-6-5-11-3-1-2-4-12(11)7-13/h1-7,10,14-16,28-29H,8-9H2,(H,25,31)(H2,22,23,24,26,30)/t14?,15-,16-/m1/s1. The molecule has 1 saturated heterocycles. The summed E-state index contributed by atoms with van der Waals surface area (Å²) in [5.74, 6) is 0.112. The maximum absolute atomic E-state index is 12.6. The molecule has 164 valence electrons. The Morgan fingerprint density at radius 1 is 1.19 bits per heavy atom. The number of benzene rings is 2. The molecule has 1 fully saturated rings. The Morgan fingerprint density at radius 3 is 2.78 bits per heavy atom. The van der Waals surface area contributed by atoms with Crippen LogP contribution in [0.3, 0.4) is 0 Å². The van der Waals surface area contributed by atoms with Gasteiger partial charge < -0.3 is 25.3 Å². The molecule has 2 amide bonds. The van der Waals surface area contributed by atoms with Crippen LogP contribution in [0.4, 0.5) is 16.3 Å². The van der Waals surface area contributed by atoms with Gasteiger partial charge in [-0.15, -0.1) is 0 Å². The van der Waals surface area contributed by atoms with Crippen LogP contribution < -0.4 is 16.3 Å². The Hall–Kier alpha value is -3.80. The number of nitrogens with zero attached hydrogens (tertiary/aromatic N) is 3. The maximum Gasteiger partial charge on any atom is 0.329 e. The minimum Gasteiger partial charge on any atom is -0.394 e. The summed E-state index contributed by atoms with van der Waals surface area (Å²) in [5.41, 5.74) is 0.494. The van der Waals surface area contributed by atoms with Gasteiger partial charge in [0.15, 0.2) is 11.5 Å². The third-order valence-electron chi connectivity index (χ3n) is 5.42. The third kappa shape index (κ3) is 3.58. The van der Waals surface area contributed by atoms with Crippen molar-refractivity contribution in [3.63, 3.8) is 0 Å². The van der Waals surface area contributed by atoms with Gasteiger partial charge in [0.25, 0.3) is 0 Å². The van der Waals surface area contributed by atoms with Gasteiger partial charge in [0.1, 0.15) is 24.2 Å². The predicted octanol–water partition coefficient (Wildman–Crippen LogP) is 1.56. The summed E-state index contributed by atoms with van der Waals surface area (Å²) in [6.07, 6.45) is -1.17. The zero-order valence-electron chi connectivity index (χ0n) is 16.7. The van der Waals surface area contributed by atoms with Gasteiger partial charge in [-0.05, 0) is 22.9 Å². The first-order valence-corrected chi connectivity index (χ1v) is 10.00. The molecule has 2 aromatic carbocycles. The summed E-state index contributed by atoms with van der Waals surface area (Å²) in [6, 6.07) is 12.8. The number of hydrogen-bond donors (Lipinski definition) is 5. The first-order chi connectivity index (χ1) is 15.5. The number of nitrogens with one attached hydrogen (secondary N) is 3. The normalized spacial score (nSPS) is 20.6. The van der Waals surface area contributed by atoms with Crippen LogP contribution in [0, 0.1) is 0 Å². The molecule has 1 aliphatic rings. The highest BCUT2D eigenvalue weighted by Crippen LogP contribution is 2.30. The molecule has 0 spiro atoms. The fourth-order valence-electron chi connectivity index (χ4n) is 3.87. The van der Waals surface area contributed by atoms with Crippen LogP contribution in [0.15, 0.2) is 53.6 Å². The summed E-state index contributed by atoms with van der Waals surface area (Å²) in [6.45, 7) is -0.370. The smallest absolute Gasteiger partial charge is 0.329 e. The zero-order valence-corrected chi connectivity index (χ0v) is 16.7. The molecule has 11 nitrogen and oxygen atoms in total. The number of amides is 2. The topological polar surface area (TPSA) is 154 Å². The van der Waals surface area contributed by atoms with E-state index in [1.807, 2.05) is 36.4 Å². The lowest BCUT2D eigenvalue weighted by atomic mass is 10.1. The molecule has 0 radical (unpaired) electrons. The van der Waals surface area contributed by atoms with E-state index in [9.17, 15) is 19.8 Å². The second kappa shape index (κ2) is 8.04. The van der Waals surface area contributed by atoms with E-state index in [0.717, 1.165) is 10.8 Å². The first kappa shape index (κ1) is 20.1. The van der Waals surface area contributed by atoms with Crippen LogP contribution in [0.5, 0.6) is 0 Å². The van der Waals surface area contributed by atoms with Gasteiger partial charge in [-0.25, -0.2) is 24.1 Å². The fraction of sp³-hybridized carbons (Fsp3) is 0.238. The molecule has 32 heavy (non-hydrogen) atoms. The molecule has 0 saturated carbocycles. The number of imidazole rings is 1. The highest BCUT2D eigenvalue weighted by molar-refractivity contribution is 6.03. The lowest BCUT2D eigenvalue weighted by Gasteiger charge is -2.13. The lowest BCUT2D eigenvalue weighted by molar-refractivity contribution is -0.0441. The molecule has 3 heterocycles. The molecule has 5 rings (SSSR count). The molecular formula is C21H20N6O5. The van der Waals surface area contributed by atoms with E-state index in [2.05, 4.69) is 25.6 Å². The molecule has 0 aliphatic carbocycles. The highest BCUT2D eigenvalue weighted by atomic mass is 16.5. The average Bonchev–Trinajstić information content (AvgIpc) is 3.32. The number of H-pyrrole nitrogens is 1. The van der Waals surface area contributed by atoms with Crippen molar-refractivity contribution >= 4 is 39.5 Å². The maximum atomic E-state index is 12.6. The number of ether oxygens (including phenoxy) is 1. The SMILES string of the molecule is O=C(Nc1ccc2ccccc2c1)Nc1ncnc2c1[nH]c(=O)n2[C@H]1CC(O)[C@@H](CO)O1. The van der Waals surface area contributed by atoms with Gasteiger partial charge in [0, 0.05) is 12.1 Å². The summed E-state index contributed by atoms with van der Waals surface area (Å²) >= 11 is 0. The number of aromatic nitrogens is 4. The number of carbonyl (C=O) groups excluding carboxylic acids is 1. The molecule has 3 atom stereocenters. The number of rotatable bonds is 4. The van der Waals surface area contributed by atoms with Crippen molar-refractivity contribution in [2.24, 2.45) is 0 Å². The van der Waals surface area contributed by atoms with E-state index in [0.29, 0.717) is 5.69 Å². The molecule has 11 heteroatoms. The number of hydrogen-bond acceptors (Lipinski definition) is 7. The summed E-state index contributed by atoms with van der Waals surface area (Å²) in [7, 11) is 0. The van der Waals surface area contributed by atoms with Crippen LogP contribution in [-0.2, 0) is 4.74 Å². The van der Waals surface area contributed by atoms with E-state index >= 15 is 0 Å². The van der Waals surface area contributed by atoms with Crippen molar-refractivity contribution < 1.29 is 19.7 Å². The molecule has 2 aromatic heterocycles. The van der Waals surface area contributed by atoms with Gasteiger partial charge in [-0.1, -0.05) is 30.3 Å². The zero-order chi connectivity index (χ0) is 22.2. The van der Waals surface area contributed by atoms with E-state index in [4.69, 9.17) is 4.74 Å². The molecule has 1 aliphatic heterocycles. The molecule has 0 bridgehead atoms. The van der Waals surface area contributed by atoms with Crippen molar-refractivity contribution in [2.45, 2.75) is 24.9 Å². The number of fused-ring (bicyclic) bond motifs is 2. The number of carbonyl (C=O) groups is 1. The fourth-order valence-corrected chi connectivity index (χ4v) is 3.87. The van der Waals surface area contributed by atoms with Crippen molar-refractivity contribution in [3.05, 3.63) is 59.3 Å². The van der Waals surface area contributed by atoms with E-state index in [-0.39, 0.29) is 30.0 Å². The average molecular weight is 436 g/mol. The minimum absolute atomic E-state index is 0.112. The summed E-state index contributed by atoms with van der Waals surface area (Å²) < 4.78 is 6.81. The predicted molar refractivity (Wildman–Crippen MR) is 116 cm³/mol. The first-order valence-electron chi connectivity index (χ1n) is 10.00. The summed E-state index contributed by atoms with van der Waals surface area (Å²) in [4.78, 5) is 36.0. The lowest BCUT2D eigenvalue weighted by Crippen LogP contribution is -2.25. The Kier molecular flexibility index (Phi) is 5.05. The minimum atomic E-state index is -0.908. The number of aromatic amines is 1. The van der Waals surface area contributed by atoms with Crippen LogP contribution in [0.2, 0.25) is 0 Å². The van der Waals surface area contributed by atoms with Crippen molar-refractivity contribution in [3.8, 4) is 0 Å². The molecule has 4 aromatic rings. The summed E-state index contributed by atoms with van der Waals surface area (Å²) in [5, 5.41) is 26.7. The van der Waals surface area contributed by atoms with Gasteiger partial charge in [0.05, 0.1) is 12.7 Å². The quantitative estimate of drug-likeness (QED) is 0.325. The highest BCUT2D eigenvalue weighted by Gasteiger charge is 2.36. The Bertz CT molecular complexity index is 1370. The third-order valence-corrected chi connectivity index (χ3v) is 5.42. The Morgan fingerprint density at radius 2 is 2.00 bits per heavy atom. The monoisotopic (exact) mass is 436 g/mol. The Balaban J connectivity index is 1.40. The van der Waals surface area contributed by atoms with E-state index < -0.39 is 30.2 Å². The van der Waals surface area contributed by atoms with Crippen molar-refractivity contribution in [2.75, 3.05) is 17.2 Å². The molecular weight excluding hydrogens is 416 g/mol. The molecule has 5 N–H and O–H groups in total. The number of anilines is 2.